The van der Waals surface area contributed by atoms with Crippen molar-refractivity contribution in [3.05, 3.63) is 65.7 Å². The molecule has 168 valence electrons. The standard InChI is InChI=1S/C27H33N3OS/c1-4-21-12-14-22(15-13-21)32-26-18-24(23-10-5-6-11-25(23)29-26)27(31)28-16-17-30-19(2)8-7-9-20(30)3/h5-6,10-15,18-20H,4,7-9,16-17H2,1-3H3,(H,28,31)/t19-,20+. The number of pyridine rings is 1. The van der Waals surface area contributed by atoms with Gasteiger partial charge in [-0.25, -0.2) is 4.98 Å². The van der Waals surface area contributed by atoms with Crippen molar-refractivity contribution in [2.75, 3.05) is 13.1 Å². The van der Waals surface area contributed by atoms with Gasteiger partial charge >= 0.3 is 0 Å². The number of benzene rings is 2. The lowest BCUT2D eigenvalue weighted by atomic mass is 9.98. The molecule has 0 unspecified atom stereocenters. The number of para-hydroxylation sites is 1. The van der Waals surface area contributed by atoms with E-state index in [9.17, 15) is 4.79 Å². The Bertz CT molecular complexity index is 1060. The minimum Gasteiger partial charge on any atom is -0.351 e. The molecule has 1 fully saturated rings. The zero-order chi connectivity index (χ0) is 22.5. The number of nitrogens with one attached hydrogen (secondary N) is 1. The Balaban J connectivity index is 1.50. The Hall–Kier alpha value is -2.37. The van der Waals surface area contributed by atoms with Gasteiger partial charge in [0.25, 0.3) is 5.91 Å². The lowest BCUT2D eigenvalue weighted by Crippen LogP contribution is -2.47. The number of rotatable bonds is 7. The fourth-order valence-electron chi connectivity index (χ4n) is 4.61. The first kappa shape index (κ1) is 22.8. The van der Waals surface area contributed by atoms with E-state index >= 15 is 0 Å². The molecule has 1 aromatic heterocycles. The SMILES string of the molecule is CCc1ccc(Sc2cc(C(=O)NCCN3[C@H](C)CCC[C@@H]3C)c3ccccc3n2)cc1. The van der Waals surface area contributed by atoms with E-state index in [0.717, 1.165) is 33.8 Å². The number of aryl methyl sites for hydroxylation is 1. The molecule has 1 saturated heterocycles. The number of aromatic nitrogens is 1. The van der Waals surface area contributed by atoms with E-state index in [1.54, 1.807) is 11.8 Å². The first-order valence-corrected chi connectivity index (χ1v) is 12.6. The van der Waals surface area contributed by atoms with Crippen LogP contribution in [0.1, 0.15) is 56.0 Å². The Morgan fingerprint density at radius 3 is 2.53 bits per heavy atom. The predicted molar refractivity (Wildman–Crippen MR) is 134 cm³/mol. The number of fused-ring (bicyclic) bond motifs is 1. The van der Waals surface area contributed by atoms with Gasteiger partial charge in [0.15, 0.2) is 0 Å². The van der Waals surface area contributed by atoms with Crippen molar-refractivity contribution >= 4 is 28.6 Å². The fourth-order valence-corrected chi connectivity index (χ4v) is 5.45. The molecule has 0 spiro atoms. The average molecular weight is 448 g/mol. The topological polar surface area (TPSA) is 45.2 Å². The van der Waals surface area contributed by atoms with Gasteiger partial charge in [-0.3, -0.25) is 9.69 Å². The van der Waals surface area contributed by atoms with Crippen molar-refractivity contribution < 1.29 is 4.79 Å². The van der Waals surface area contributed by atoms with Crippen LogP contribution in [0.5, 0.6) is 0 Å². The third-order valence-electron chi connectivity index (χ3n) is 6.52. The summed E-state index contributed by atoms with van der Waals surface area (Å²) in [6.45, 7) is 8.30. The fraction of sp³-hybridized carbons (Fsp3) is 0.407. The van der Waals surface area contributed by atoms with Crippen LogP contribution in [0.4, 0.5) is 0 Å². The van der Waals surface area contributed by atoms with Crippen molar-refractivity contribution in [1.29, 1.82) is 0 Å². The molecule has 2 aromatic carbocycles. The summed E-state index contributed by atoms with van der Waals surface area (Å²) in [5, 5.41) is 4.91. The third-order valence-corrected chi connectivity index (χ3v) is 7.45. The summed E-state index contributed by atoms with van der Waals surface area (Å²) >= 11 is 1.60. The maximum absolute atomic E-state index is 13.2. The van der Waals surface area contributed by atoms with Crippen LogP contribution >= 0.6 is 11.8 Å². The summed E-state index contributed by atoms with van der Waals surface area (Å²) in [5.74, 6) is -0.0240. The second-order valence-corrected chi connectivity index (χ2v) is 9.84. The Morgan fingerprint density at radius 1 is 1.09 bits per heavy atom. The molecule has 1 amide bonds. The highest BCUT2D eigenvalue weighted by molar-refractivity contribution is 7.99. The third kappa shape index (κ3) is 5.33. The molecule has 4 nitrogen and oxygen atoms in total. The van der Waals surface area contributed by atoms with Gasteiger partial charge in [-0.15, -0.1) is 0 Å². The highest BCUT2D eigenvalue weighted by atomic mass is 32.2. The van der Waals surface area contributed by atoms with Crippen LogP contribution in [0.3, 0.4) is 0 Å². The number of hydrogen-bond acceptors (Lipinski definition) is 4. The van der Waals surface area contributed by atoms with Crippen LogP contribution in [0.25, 0.3) is 10.9 Å². The highest BCUT2D eigenvalue weighted by Crippen LogP contribution is 2.30. The lowest BCUT2D eigenvalue weighted by molar-refractivity contribution is 0.0890. The summed E-state index contributed by atoms with van der Waals surface area (Å²) < 4.78 is 0. The molecule has 0 bridgehead atoms. The van der Waals surface area contributed by atoms with E-state index in [1.807, 2.05) is 30.3 Å². The van der Waals surface area contributed by atoms with Gasteiger partial charge in [-0.2, -0.15) is 0 Å². The minimum absolute atomic E-state index is 0.0240. The quantitative estimate of drug-likeness (QED) is 0.487. The second kappa shape index (κ2) is 10.5. The largest absolute Gasteiger partial charge is 0.351 e. The van der Waals surface area contributed by atoms with E-state index < -0.39 is 0 Å². The van der Waals surface area contributed by atoms with E-state index in [-0.39, 0.29) is 5.91 Å². The van der Waals surface area contributed by atoms with E-state index in [1.165, 1.54) is 24.8 Å². The first-order valence-electron chi connectivity index (χ1n) is 11.8. The number of nitrogens with zero attached hydrogens (tertiary/aromatic N) is 2. The van der Waals surface area contributed by atoms with Crippen LogP contribution < -0.4 is 5.32 Å². The van der Waals surface area contributed by atoms with E-state index in [2.05, 4.69) is 55.3 Å². The van der Waals surface area contributed by atoms with Gasteiger partial charge in [0, 0.05) is 35.5 Å². The number of likely N-dealkylation sites (tertiary alicyclic amines) is 1. The van der Waals surface area contributed by atoms with Gasteiger partial charge in [-0.1, -0.05) is 55.4 Å². The maximum atomic E-state index is 13.2. The number of amides is 1. The molecule has 0 saturated carbocycles. The van der Waals surface area contributed by atoms with Crippen molar-refractivity contribution in [3.63, 3.8) is 0 Å². The van der Waals surface area contributed by atoms with Gasteiger partial charge in [-0.05, 0) is 62.9 Å². The molecule has 5 heteroatoms. The smallest absolute Gasteiger partial charge is 0.252 e. The zero-order valence-electron chi connectivity index (χ0n) is 19.3. The van der Waals surface area contributed by atoms with Gasteiger partial charge < -0.3 is 5.32 Å². The van der Waals surface area contributed by atoms with Crippen molar-refractivity contribution in [1.82, 2.24) is 15.2 Å². The number of carbonyl (C=O) groups is 1. The highest BCUT2D eigenvalue weighted by Gasteiger charge is 2.24. The Kier molecular flexibility index (Phi) is 7.48. The molecule has 1 aliphatic heterocycles. The maximum Gasteiger partial charge on any atom is 0.252 e. The summed E-state index contributed by atoms with van der Waals surface area (Å²) in [6.07, 6.45) is 4.81. The Labute approximate surface area is 195 Å². The molecule has 2 atom stereocenters. The monoisotopic (exact) mass is 447 g/mol. The number of hydrogen-bond donors (Lipinski definition) is 1. The molecule has 32 heavy (non-hydrogen) atoms. The van der Waals surface area contributed by atoms with Gasteiger partial charge in [0.2, 0.25) is 0 Å². The van der Waals surface area contributed by atoms with Crippen LogP contribution in [0.15, 0.2) is 64.5 Å². The van der Waals surface area contributed by atoms with Crippen LogP contribution in [0, 0.1) is 0 Å². The summed E-state index contributed by atoms with van der Waals surface area (Å²) in [6, 6.07) is 19.6. The van der Waals surface area contributed by atoms with Crippen LogP contribution in [-0.2, 0) is 6.42 Å². The number of carbonyl (C=O) groups excluding carboxylic acids is 1. The molecule has 3 aromatic rings. The lowest BCUT2D eigenvalue weighted by Gasteiger charge is -2.39. The van der Waals surface area contributed by atoms with Gasteiger partial charge in [0.1, 0.15) is 5.03 Å². The summed E-state index contributed by atoms with van der Waals surface area (Å²) in [4.78, 5) is 21.6. The summed E-state index contributed by atoms with van der Waals surface area (Å²) in [7, 11) is 0. The molecule has 1 N–H and O–H groups in total. The minimum atomic E-state index is -0.0240. The van der Waals surface area contributed by atoms with Gasteiger partial charge in [0.05, 0.1) is 11.1 Å². The van der Waals surface area contributed by atoms with E-state index in [0.29, 0.717) is 24.2 Å². The average Bonchev–Trinajstić information content (AvgIpc) is 2.81. The molecule has 0 radical (unpaired) electrons. The first-order chi connectivity index (χ1) is 15.5. The van der Waals surface area contributed by atoms with Crippen LogP contribution in [0.2, 0.25) is 0 Å². The predicted octanol–water partition coefficient (Wildman–Crippen LogP) is 5.94. The molecular formula is C27H33N3OS. The summed E-state index contributed by atoms with van der Waals surface area (Å²) in [5.41, 5.74) is 2.87. The van der Waals surface area contributed by atoms with Crippen LogP contribution in [-0.4, -0.2) is 41.0 Å². The van der Waals surface area contributed by atoms with Crippen molar-refractivity contribution in [2.45, 2.75) is 68.5 Å². The molecular weight excluding hydrogens is 414 g/mol. The second-order valence-electron chi connectivity index (χ2n) is 8.75. The molecule has 4 rings (SSSR count). The number of piperidine rings is 1. The normalized spacial score (nSPS) is 19.2. The van der Waals surface area contributed by atoms with Crippen molar-refractivity contribution in [3.8, 4) is 0 Å². The Morgan fingerprint density at radius 2 is 1.81 bits per heavy atom. The zero-order valence-corrected chi connectivity index (χ0v) is 20.1. The molecule has 1 aliphatic rings. The molecule has 2 heterocycles. The molecule has 0 aliphatic carbocycles. The van der Waals surface area contributed by atoms with Crippen molar-refractivity contribution in [2.24, 2.45) is 0 Å². The van der Waals surface area contributed by atoms with E-state index in [4.69, 9.17) is 4.98 Å².